The number of nitrogens with zero attached hydrogens (tertiary/aromatic N) is 4. The van der Waals surface area contributed by atoms with Crippen LogP contribution in [0, 0.1) is 0 Å². The number of carbonyl (C=O) groups excluding carboxylic acids is 2. The minimum Gasteiger partial charge on any atom is -0.481 e. The number of hydrogen-bond donors (Lipinski definition) is 5. The van der Waals surface area contributed by atoms with Gasteiger partial charge in [0.1, 0.15) is 12.1 Å². The lowest BCUT2D eigenvalue weighted by molar-refractivity contribution is -0.142. The van der Waals surface area contributed by atoms with Gasteiger partial charge >= 0.3 is 23.9 Å². The Bertz CT molecular complexity index is 993. The molecule has 0 heterocycles. The zero-order chi connectivity index (χ0) is 27.8. The normalized spacial score (nSPS) is 11.9. The highest BCUT2D eigenvalue weighted by Gasteiger charge is 2.29. The number of aliphatic carboxylic acids is 3. The number of nitrogens with one attached hydrogen (secondary N) is 2. The monoisotopic (exact) mass is 520 g/mol. The summed E-state index contributed by atoms with van der Waals surface area (Å²) >= 11 is 0. The van der Waals surface area contributed by atoms with Crippen LogP contribution in [0.4, 0.5) is 10.5 Å². The lowest BCUT2D eigenvalue weighted by Crippen LogP contribution is -2.52. The summed E-state index contributed by atoms with van der Waals surface area (Å²) in [6, 6.07) is 3.43. The number of carbonyl (C=O) groups is 5. The highest BCUT2D eigenvalue weighted by atomic mass is 16.4. The van der Waals surface area contributed by atoms with E-state index in [0.717, 1.165) is 10.5 Å². The number of carboxylic acids is 3. The standard InChI is InChI=1S/C23H32N6O8/c1-29(23(37)26-17(21(33)34)12-13-20(31)32)18(22(35)36)6-2-3-14-25-19(30)7-4-5-15-8-10-16(11-9-15)27-28-24/h8-11,17-18H,2-7,12-14H2,1H3,(H,25,30)(H,26,37)(H,31,32)(H,33,34)(H,35,36)/t17?,18-/m0/s1. The second-order valence-electron chi connectivity index (χ2n) is 8.29. The Kier molecular flexibility index (Phi) is 13.6. The number of hydrogen-bond acceptors (Lipinski definition) is 6. The van der Waals surface area contributed by atoms with Gasteiger partial charge in [0.05, 0.1) is 0 Å². The van der Waals surface area contributed by atoms with Crippen LogP contribution in [0.2, 0.25) is 0 Å². The van der Waals surface area contributed by atoms with Gasteiger partial charge in [-0.1, -0.05) is 29.4 Å². The maximum Gasteiger partial charge on any atom is 0.326 e. The molecule has 14 nitrogen and oxygen atoms in total. The van der Waals surface area contributed by atoms with Crippen LogP contribution in [-0.4, -0.2) is 75.7 Å². The topological polar surface area (TPSA) is 222 Å². The summed E-state index contributed by atoms with van der Waals surface area (Å²) in [4.78, 5) is 61.5. The molecule has 0 aromatic heterocycles. The molecule has 0 aliphatic carbocycles. The fourth-order valence-corrected chi connectivity index (χ4v) is 3.41. The van der Waals surface area contributed by atoms with E-state index >= 15 is 0 Å². The van der Waals surface area contributed by atoms with E-state index in [1.807, 2.05) is 12.1 Å². The number of aryl methyl sites for hydroxylation is 1. The summed E-state index contributed by atoms with van der Waals surface area (Å²) in [5.74, 6) is -4.05. The number of amides is 3. The predicted molar refractivity (Wildman–Crippen MR) is 131 cm³/mol. The fourth-order valence-electron chi connectivity index (χ4n) is 3.41. The van der Waals surface area contributed by atoms with Crippen LogP contribution < -0.4 is 10.6 Å². The van der Waals surface area contributed by atoms with Crippen molar-refractivity contribution in [2.75, 3.05) is 13.6 Å². The molecule has 14 heteroatoms. The van der Waals surface area contributed by atoms with Gasteiger partial charge < -0.3 is 30.9 Å². The number of likely N-dealkylation sites (N-methyl/N-ethyl adjacent to an activating group) is 1. The van der Waals surface area contributed by atoms with Gasteiger partial charge in [0.25, 0.3) is 0 Å². The molecule has 0 radical (unpaired) electrons. The second kappa shape index (κ2) is 16.4. The van der Waals surface area contributed by atoms with Crippen molar-refractivity contribution >= 4 is 35.5 Å². The van der Waals surface area contributed by atoms with Crippen molar-refractivity contribution in [3.63, 3.8) is 0 Å². The molecule has 37 heavy (non-hydrogen) atoms. The van der Waals surface area contributed by atoms with Crippen LogP contribution in [0.1, 0.15) is 50.5 Å². The Balaban J connectivity index is 2.37. The molecule has 0 spiro atoms. The summed E-state index contributed by atoms with van der Waals surface area (Å²) in [6.07, 6.45) is 1.73. The molecular formula is C23H32N6O8. The smallest absolute Gasteiger partial charge is 0.326 e. The number of unbranched alkanes of at least 4 members (excludes halogenated alkanes) is 1. The summed E-state index contributed by atoms with van der Waals surface area (Å²) in [6.45, 7) is 0.332. The van der Waals surface area contributed by atoms with Crippen molar-refractivity contribution in [2.24, 2.45) is 5.11 Å². The molecule has 0 fully saturated rings. The van der Waals surface area contributed by atoms with E-state index in [0.29, 0.717) is 44.3 Å². The van der Waals surface area contributed by atoms with Crippen molar-refractivity contribution in [3.05, 3.63) is 40.3 Å². The largest absolute Gasteiger partial charge is 0.481 e. The Morgan fingerprint density at radius 1 is 0.973 bits per heavy atom. The SMILES string of the molecule is CN(C(=O)NC(CCC(=O)O)C(=O)O)[C@@H](CCCCNC(=O)CCCc1ccc(N=[N+]=[N-])cc1)C(=O)O. The van der Waals surface area contributed by atoms with Crippen molar-refractivity contribution < 1.29 is 39.3 Å². The summed E-state index contributed by atoms with van der Waals surface area (Å²) < 4.78 is 0. The van der Waals surface area contributed by atoms with Crippen LogP contribution >= 0.6 is 0 Å². The molecule has 2 atom stereocenters. The maximum absolute atomic E-state index is 12.3. The van der Waals surface area contributed by atoms with E-state index in [9.17, 15) is 29.1 Å². The third kappa shape index (κ3) is 12.3. The van der Waals surface area contributed by atoms with Gasteiger partial charge in [0, 0.05) is 37.0 Å². The molecule has 0 aliphatic heterocycles. The molecule has 0 bridgehead atoms. The first kappa shape index (κ1) is 30.7. The van der Waals surface area contributed by atoms with Crippen molar-refractivity contribution in [1.29, 1.82) is 0 Å². The Morgan fingerprint density at radius 2 is 1.65 bits per heavy atom. The molecule has 5 N–H and O–H groups in total. The van der Waals surface area contributed by atoms with Crippen molar-refractivity contribution in [2.45, 2.75) is 63.5 Å². The quantitative estimate of drug-likeness (QED) is 0.0886. The molecule has 0 saturated carbocycles. The van der Waals surface area contributed by atoms with E-state index in [1.54, 1.807) is 12.1 Å². The van der Waals surface area contributed by atoms with Crippen LogP contribution in [0.3, 0.4) is 0 Å². The fraction of sp³-hybridized carbons (Fsp3) is 0.522. The van der Waals surface area contributed by atoms with E-state index in [2.05, 4.69) is 20.7 Å². The van der Waals surface area contributed by atoms with Crippen molar-refractivity contribution in [1.82, 2.24) is 15.5 Å². The molecule has 0 saturated heterocycles. The lowest BCUT2D eigenvalue weighted by Gasteiger charge is -2.26. The Hall–Kier alpha value is -4.32. The van der Waals surface area contributed by atoms with Gasteiger partial charge in [-0.15, -0.1) is 0 Å². The highest BCUT2D eigenvalue weighted by molar-refractivity contribution is 5.86. The van der Waals surface area contributed by atoms with E-state index in [-0.39, 0.29) is 18.7 Å². The summed E-state index contributed by atoms with van der Waals surface area (Å²) in [5, 5.41) is 35.8. The predicted octanol–water partition coefficient (Wildman–Crippen LogP) is 2.65. The molecular weight excluding hydrogens is 488 g/mol. The number of carboxylic acid groups (broad SMARTS) is 3. The molecule has 1 aromatic carbocycles. The summed E-state index contributed by atoms with van der Waals surface area (Å²) in [5.41, 5.74) is 9.93. The van der Waals surface area contributed by atoms with E-state index in [1.165, 1.54) is 7.05 Å². The maximum atomic E-state index is 12.3. The first-order valence-corrected chi connectivity index (χ1v) is 11.7. The van der Waals surface area contributed by atoms with Crippen molar-refractivity contribution in [3.8, 4) is 0 Å². The molecule has 1 unspecified atom stereocenters. The minimum atomic E-state index is -1.47. The molecule has 1 aromatic rings. The van der Waals surface area contributed by atoms with E-state index < -0.39 is 42.4 Å². The number of rotatable bonds is 17. The third-order valence-corrected chi connectivity index (χ3v) is 5.51. The Labute approximate surface area is 213 Å². The minimum absolute atomic E-state index is 0.0772. The summed E-state index contributed by atoms with van der Waals surface area (Å²) in [7, 11) is 1.22. The highest BCUT2D eigenvalue weighted by Crippen LogP contribution is 2.15. The van der Waals surface area contributed by atoms with Gasteiger partial charge in [0.15, 0.2) is 0 Å². The van der Waals surface area contributed by atoms with E-state index in [4.69, 9.17) is 15.7 Å². The van der Waals surface area contributed by atoms with Crippen LogP contribution in [0.5, 0.6) is 0 Å². The number of benzene rings is 1. The molecule has 1 rings (SSSR count). The molecule has 3 amide bonds. The molecule has 0 aliphatic rings. The van der Waals surface area contributed by atoms with Crippen LogP contribution in [0.15, 0.2) is 29.4 Å². The second-order valence-corrected chi connectivity index (χ2v) is 8.29. The first-order valence-electron chi connectivity index (χ1n) is 11.7. The average molecular weight is 521 g/mol. The van der Waals surface area contributed by atoms with Crippen LogP contribution in [0.25, 0.3) is 10.4 Å². The van der Waals surface area contributed by atoms with Gasteiger partial charge in [-0.05, 0) is 49.6 Å². The zero-order valence-electron chi connectivity index (χ0n) is 20.5. The average Bonchev–Trinajstić information content (AvgIpc) is 2.84. The van der Waals surface area contributed by atoms with Gasteiger partial charge in [-0.25, -0.2) is 14.4 Å². The van der Waals surface area contributed by atoms with Gasteiger partial charge in [-0.2, -0.15) is 0 Å². The Morgan fingerprint density at radius 3 is 2.22 bits per heavy atom. The lowest BCUT2D eigenvalue weighted by atomic mass is 10.1. The molecule has 202 valence electrons. The van der Waals surface area contributed by atoms with Crippen LogP contribution in [-0.2, 0) is 25.6 Å². The first-order chi connectivity index (χ1) is 17.5. The van der Waals surface area contributed by atoms with Gasteiger partial charge in [-0.3, -0.25) is 9.59 Å². The zero-order valence-corrected chi connectivity index (χ0v) is 20.5. The number of azide groups is 1. The third-order valence-electron chi connectivity index (χ3n) is 5.51. The van der Waals surface area contributed by atoms with Gasteiger partial charge in [0.2, 0.25) is 5.91 Å². The number of urea groups is 1.